The average molecular weight is 459 g/mol. The van der Waals surface area contributed by atoms with Crippen LogP contribution in [0, 0.1) is 0 Å². The Labute approximate surface area is 195 Å². The number of aromatic amines is 1. The number of hydrogen-bond acceptors (Lipinski definition) is 5. The molecule has 7 nitrogen and oxygen atoms in total. The summed E-state index contributed by atoms with van der Waals surface area (Å²) in [6, 6.07) is 16.9. The fraction of sp³-hybridized carbons (Fsp3) is 0.160. The molecule has 0 fully saturated rings. The van der Waals surface area contributed by atoms with Crippen molar-refractivity contribution in [2.45, 2.75) is 16.3 Å². The smallest absolute Gasteiger partial charge is 0.261 e. The lowest BCUT2D eigenvalue weighted by atomic mass is 10.1. The number of methoxy groups -OCH3 is 1. The van der Waals surface area contributed by atoms with E-state index in [1.807, 2.05) is 48.7 Å². The van der Waals surface area contributed by atoms with Crippen LogP contribution in [0.25, 0.3) is 10.9 Å². The molecule has 2 amide bonds. The normalized spacial score (nSPS) is 12.8. The molecule has 0 atom stereocenters. The number of aromatic nitrogens is 2. The number of carbonyl (C=O) groups is 2. The summed E-state index contributed by atoms with van der Waals surface area (Å²) in [7, 11) is 1.64. The standard InChI is InChI=1S/C25H22N4O3S/c1-32-17-8-9-20-19(13-17)16(14-28-20)10-12-26-23(30)15-29-21-6-2-3-7-22(21)33-24-18(25(29)31)5-4-11-27-24/h2-9,11,13-14,28H,10,12,15H2,1H3,(H,26,30). The summed E-state index contributed by atoms with van der Waals surface area (Å²) in [5, 5.41) is 4.67. The van der Waals surface area contributed by atoms with Crippen LogP contribution in [0.3, 0.4) is 0 Å². The predicted octanol–water partition coefficient (Wildman–Crippen LogP) is 4.04. The minimum Gasteiger partial charge on any atom is -0.497 e. The van der Waals surface area contributed by atoms with Crippen LogP contribution in [-0.2, 0) is 11.2 Å². The number of amides is 2. The van der Waals surface area contributed by atoms with Crippen LogP contribution in [0.15, 0.2) is 76.9 Å². The summed E-state index contributed by atoms with van der Waals surface area (Å²) >= 11 is 1.44. The first-order valence-electron chi connectivity index (χ1n) is 10.6. The number of pyridine rings is 1. The number of anilines is 1. The molecule has 3 heterocycles. The maximum absolute atomic E-state index is 13.3. The van der Waals surface area contributed by atoms with Crippen molar-refractivity contribution < 1.29 is 14.3 Å². The number of nitrogens with zero attached hydrogens (tertiary/aromatic N) is 2. The van der Waals surface area contributed by atoms with Crippen molar-refractivity contribution in [3.63, 3.8) is 0 Å². The van der Waals surface area contributed by atoms with Gasteiger partial charge >= 0.3 is 0 Å². The van der Waals surface area contributed by atoms with E-state index in [0.717, 1.165) is 27.1 Å². The minimum atomic E-state index is -0.227. The van der Waals surface area contributed by atoms with Crippen molar-refractivity contribution in [1.82, 2.24) is 15.3 Å². The molecule has 0 unspecified atom stereocenters. The first kappa shape index (κ1) is 21.1. The molecule has 1 aliphatic heterocycles. The van der Waals surface area contributed by atoms with Crippen molar-refractivity contribution >= 4 is 40.2 Å². The van der Waals surface area contributed by atoms with E-state index in [1.54, 1.807) is 25.4 Å². The fourth-order valence-electron chi connectivity index (χ4n) is 3.94. The highest BCUT2D eigenvalue weighted by Gasteiger charge is 2.29. The van der Waals surface area contributed by atoms with Crippen LogP contribution in [0.1, 0.15) is 15.9 Å². The molecule has 8 heteroatoms. The number of H-pyrrole nitrogens is 1. The molecule has 4 aromatic rings. The molecule has 5 rings (SSSR count). The molecular weight excluding hydrogens is 436 g/mol. The van der Waals surface area contributed by atoms with Gasteiger partial charge in [-0.25, -0.2) is 4.98 Å². The van der Waals surface area contributed by atoms with Gasteiger partial charge in [0.15, 0.2) is 0 Å². The Kier molecular flexibility index (Phi) is 5.75. The molecule has 166 valence electrons. The van der Waals surface area contributed by atoms with Crippen LogP contribution in [0.4, 0.5) is 5.69 Å². The number of para-hydroxylation sites is 1. The molecule has 1 aliphatic rings. The molecule has 0 saturated carbocycles. The van der Waals surface area contributed by atoms with Crippen molar-refractivity contribution in [2.75, 3.05) is 25.1 Å². The van der Waals surface area contributed by atoms with Gasteiger partial charge in [-0.2, -0.15) is 0 Å². The van der Waals surface area contributed by atoms with Gasteiger partial charge in [-0.1, -0.05) is 23.9 Å². The van der Waals surface area contributed by atoms with Gasteiger partial charge in [0.25, 0.3) is 5.91 Å². The third kappa shape index (κ3) is 4.17. The molecule has 0 radical (unpaired) electrons. The van der Waals surface area contributed by atoms with Crippen molar-refractivity contribution in [1.29, 1.82) is 0 Å². The number of benzene rings is 2. The summed E-state index contributed by atoms with van der Waals surface area (Å²) in [5.41, 5.74) is 3.33. The lowest BCUT2D eigenvalue weighted by Crippen LogP contribution is -2.41. The van der Waals surface area contributed by atoms with Gasteiger partial charge in [0, 0.05) is 34.7 Å². The minimum absolute atomic E-state index is 0.0630. The molecule has 0 aliphatic carbocycles. The lowest BCUT2D eigenvalue weighted by molar-refractivity contribution is -0.119. The lowest BCUT2D eigenvalue weighted by Gasteiger charge is -2.22. The zero-order valence-electron chi connectivity index (χ0n) is 18.0. The number of fused-ring (bicyclic) bond motifs is 3. The van der Waals surface area contributed by atoms with Crippen LogP contribution >= 0.6 is 11.8 Å². The Hall–Kier alpha value is -3.78. The van der Waals surface area contributed by atoms with Gasteiger partial charge in [-0.15, -0.1) is 0 Å². The largest absolute Gasteiger partial charge is 0.497 e. The molecule has 2 aromatic heterocycles. The number of rotatable bonds is 6. The first-order valence-corrected chi connectivity index (χ1v) is 11.4. The van der Waals surface area contributed by atoms with Gasteiger partial charge in [0.1, 0.15) is 17.3 Å². The van der Waals surface area contributed by atoms with Crippen molar-refractivity contribution in [3.8, 4) is 5.75 Å². The number of ether oxygens (including phenoxy) is 1. The van der Waals surface area contributed by atoms with E-state index in [9.17, 15) is 9.59 Å². The van der Waals surface area contributed by atoms with E-state index in [1.165, 1.54) is 16.7 Å². The first-order chi connectivity index (χ1) is 16.1. The Morgan fingerprint density at radius 2 is 2.06 bits per heavy atom. The van der Waals surface area contributed by atoms with Gasteiger partial charge in [-0.3, -0.25) is 14.5 Å². The second-order valence-electron chi connectivity index (χ2n) is 7.64. The highest BCUT2D eigenvalue weighted by atomic mass is 32.2. The maximum Gasteiger partial charge on any atom is 0.261 e. The quantitative estimate of drug-likeness (QED) is 0.455. The van der Waals surface area contributed by atoms with Gasteiger partial charge < -0.3 is 15.0 Å². The summed E-state index contributed by atoms with van der Waals surface area (Å²) in [6.07, 6.45) is 4.28. The molecule has 0 bridgehead atoms. The van der Waals surface area contributed by atoms with Crippen LogP contribution in [0.5, 0.6) is 5.75 Å². The SMILES string of the molecule is COc1ccc2[nH]cc(CCNC(=O)CN3C(=O)c4cccnc4Sc4ccccc43)c2c1. The third-order valence-corrected chi connectivity index (χ3v) is 6.69. The van der Waals surface area contributed by atoms with E-state index in [2.05, 4.69) is 15.3 Å². The maximum atomic E-state index is 13.3. The monoisotopic (exact) mass is 458 g/mol. The Bertz CT molecular complexity index is 1350. The zero-order valence-corrected chi connectivity index (χ0v) is 18.8. The second-order valence-corrected chi connectivity index (χ2v) is 8.67. The molecule has 33 heavy (non-hydrogen) atoms. The second kappa shape index (κ2) is 8.99. The topological polar surface area (TPSA) is 87.3 Å². The highest BCUT2D eigenvalue weighted by molar-refractivity contribution is 7.99. The van der Waals surface area contributed by atoms with E-state index in [0.29, 0.717) is 29.2 Å². The van der Waals surface area contributed by atoms with Crippen LogP contribution < -0.4 is 15.0 Å². The zero-order chi connectivity index (χ0) is 22.8. The van der Waals surface area contributed by atoms with E-state index in [4.69, 9.17) is 4.74 Å². The van der Waals surface area contributed by atoms with Crippen LogP contribution in [0.2, 0.25) is 0 Å². The Morgan fingerprint density at radius 3 is 2.94 bits per heavy atom. The van der Waals surface area contributed by atoms with Crippen molar-refractivity contribution in [3.05, 3.63) is 78.1 Å². The van der Waals surface area contributed by atoms with E-state index < -0.39 is 0 Å². The third-order valence-electron chi connectivity index (χ3n) is 5.60. The predicted molar refractivity (Wildman–Crippen MR) is 128 cm³/mol. The Balaban J connectivity index is 1.30. The highest BCUT2D eigenvalue weighted by Crippen LogP contribution is 2.39. The Morgan fingerprint density at radius 1 is 1.18 bits per heavy atom. The van der Waals surface area contributed by atoms with Crippen molar-refractivity contribution in [2.24, 2.45) is 0 Å². The molecular formula is C25H22N4O3S. The molecule has 0 spiro atoms. The summed E-state index contributed by atoms with van der Waals surface area (Å²) in [6.45, 7) is 0.395. The molecule has 2 N–H and O–H groups in total. The molecule has 2 aromatic carbocycles. The van der Waals surface area contributed by atoms with Crippen LogP contribution in [-0.4, -0.2) is 42.0 Å². The van der Waals surface area contributed by atoms with E-state index in [-0.39, 0.29) is 18.4 Å². The fourth-order valence-corrected chi connectivity index (χ4v) is 4.96. The summed E-state index contributed by atoms with van der Waals surface area (Å²) in [5.74, 6) is 0.348. The number of nitrogens with one attached hydrogen (secondary N) is 2. The summed E-state index contributed by atoms with van der Waals surface area (Å²) in [4.78, 5) is 36.1. The average Bonchev–Trinajstić information content (AvgIpc) is 3.20. The summed E-state index contributed by atoms with van der Waals surface area (Å²) < 4.78 is 5.32. The van der Waals surface area contributed by atoms with Gasteiger partial charge in [0.2, 0.25) is 5.91 Å². The number of carbonyl (C=O) groups excluding carboxylic acids is 2. The van der Waals surface area contributed by atoms with Gasteiger partial charge in [-0.05, 0) is 54.4 Å². The molecule has 0 saturated heterocycles. The van der Waals surface area contributed by atoms with Gasteiger partial charge in [0.05, 0.1) is 18.4 Å². The number of hydrogen-bond donors (Lipinski definition) is 2. The van der Waals surface area contributed by atoms with E-state index >= 15 is 0 Å².